The summed E-state index contributed by atoms with van der Waals surface area (Å²) in [5, 5.41) is 1.04. The Balaban J connectivity index is 2.40. The molecule has 0 heterocycles. The van der Waals surface area contributed by atoms with E-state index in [1.807, 2.05) is 0 Å². The highest BCUT2D eigenvalue weighted by atomic mass is 79.9. The number of benzene rings is 1. The molecule has 1 unspecified atom stereocenters. The third-order valence-corrected chi connectivity index (χ3v) is 3.84. The molecule has 0 saturated heterocycles. The highest BCUT2D eigenvalue weighted by Gasteiger charge is 2.13. The summed E-state index contributed by atoms with van der Waals surface area (Å²) in [5.41, 5.74) is 2.71. The van der Waals surface area contributed by atoms with Gasteiger partial charge in [0, 0.05) is 11.9 Å². The van der Waals surface area contributed by atoms with Gasteiger partial charge in [0.2, 0.25) is 0 Å². The Morgan fingerprint density at radius 1 is 1.17 bits per heavy atom. The van der Waals surface area contributed by atoms with Crippen molar-refractivity contribution in [3.05, 3.63) is 35.4 Å². The van der Waals surface area contributed by atoms with Crippen LogP contribution in [0.4, 0.5) is 0 Å². The topological polar surface area (TPSA) is 9.23 Å². The second kappa shape index (κ2) is 7.30. The summed E-state index contributed by atoms with van der Waals surface area (Å²) in [4.78, 5) is 0. The maximum Gasteiger partial charge on any atom is 0.0598 e. The van der Waals surface area contributed by atoms with Gasteiger partial charge in [0.15, 0.2) is 0 Å². The second-order valence-corrected chi connectivity index (χ2v) is 6.61. The molecule has 0 aliphatic heterocycles. The van der Waals surface area contributed by atoms with Crippen LogP contribution < -0.4 is 0 Å². The Hall–Kier alpha value is -0.340. The third kappa shape index (κ3) is 6.55. The van der Waals surface area contributed by atoms with Crippen LogP contribution in [0.3, 0.4) is 0 Å². The lowest BCUT2D eigenvalue weighted by molar-refractivity contribution is -0.00821. The Kier molecular flexibility index (Phi) is 6.37. The van der Waals surface area contributed by atoms with Gasteiger partial charge in [-0.25, -0.2) is 0 Å². The van der Waals surface area contributed by atoms with E-state index in [-0.39, 0.29) is 5.60 Å². The molecule has 0 aliphatic rings. The zero-order valence-corrected chi connectivity index (χ0v) is 13.6. The largest absolute Gasteiger partial charge is 0.376 e. The Bertz CT molecular complexity index is 337. The van der Waals surface area contributed by atoms with Crippen LogP contribution in [0, 0.1) is 12.8 Å². The van der Waals surface area contributed by atoms with Gasteiger partial charge in [0.05, 0.1) is 5.60 Å². The normalized spacial score (nSPS) is 13.6. The second-order valence-electron chi connectivity index (χ2n) is 5.96. The van der Waals surface area contributed by atoms with Crippen LogP contribution in [0.2, 0.25) is 0 Å². The third-order valence-electron chi connectivity index (χ3n) is 2.92. The van der Waals surface area contributed by atoms with Gasteiger partial charge in [0.25, 0.3) is 0 Å². The van der Waals surface area contributed by atoms with Gasteiger partial charge in [-0.2, -0.15) is 0 Å². The fourth-order valence-corrected chi connectivity index (χ4v) is 2.38. The molecule has 0 aromatic heterocycles. The van der Waals surface area contributed by atoms with Crippen LogP contribution in [0.1, 0.15) is 38.3 Å². The number of ether oxygens (including phenoxy) is 1. The fourth-order valence-electron chi connectivity index (χ4n) is 1.82. The molecule has 0 N–H and O–H groups in total. The van der Waals surface area contributed by atoms with Gasteiger partial charge in [-0.1, -0.05) is 45.8 Å². The minimum Gasteiger partial charge on any atom is -0.376 e. The van der Waals surface area contributed by atoms with Crippen molar-refractivity contribution in [1.29, 1.82) is 0 Å². The smallest absolute Gasteiger partial charge is 0.0598 e. The van der Waals surface area contributed by atoms with Crippen LogP contribution in [-0.4, -0.2) is 17.5 Å². The first-order chi connectivity index (χ1) is 8.40. The summed E-state index contributed by atoms with van der Waals surface area (Å²) in [6, 6.07) is 8.84. The molecular weight excluding hydrogens is 288 g/mol. The molecule has 1 aromatic rings. The maximum atomic E-state index is 5.80. The lowest BCUT2D eigenvalue weighted by Crippen LogP contribution is -2.21. The summed E-state index contributed by atoms with van der Waals surface area (Å²) in [7, 11) is 0. The van der Waals surface area contributed by atoms with Crippen LogP contribution in [0.25, 0.3) is 0 Å². The van der Waals surface area contributed by atoms with Crippen LogP contribution in [0.5, 0.6) is 0 Å². The monoisotopic (exact) mass is 312 g/mol. The van der Waals surface area contributed by atoms with Gasteiger partial charge in [-0.15, -0.1) is 0 Å². The molecular formula is C16H25BrO. The highest BCUT2D eigenvalue weighted by molar-refractivity contribution is 9.09. The summed E-state index contributed by atoms with van der Waals surface area (Å²) in [6.07, 6.45) is 2.23. The van der Waals surface area contributed by atoms with Crippen molar-refractivity contribution in [3.8, 4) is 0 Å². The number of rotatable bonds is 6. The van der Waals surface area contributed by atoms with Crippen molar-refractivity contribution < 1.29 is 4.74 Å². The van der Waals surface area contributed by atoms with Crippen LogP contribution in [0.15, 0.2) is 24.3 Å². The summed E-state index contributed by atoms with van der Waals surface area (Å²) in [5.74, 6) is 0.648. The number of alkyl halides is 1. The van der Waals surface area contributed by atoms with Crippen molar-refractivity contribution in [1.82, 2.24) is 0 Å². The number of halogens is 1. The highest BCUT2D eigenvalue weighted by Crippen LogP contribution is 2.17. The predicted octanol–water partition coefficient (Wildman–Crippen LogP) is 4.75. The van der Waals surface area contributed by atoms with Crippen LogP contribution in [-0.2, 0) is 11.2 Å². The molecule has 1 rings (SSSR count). The lowest BCUT2D eigenvalue weighted by Gasteiger charge is -2.21. The molecule has 0 bridgehead atoms. The maximum absolute atomic E-state index is 5.80. The predicted molar refractivity (Wildman–Crippen MR) is 82.5 cm³/mol. The first kappa shape index (κ1) is 15.7. The van der Waals surface area contributed by atoms with Crippen molar-refractivity contribution in [2.75, 3.05) is 11.9 Å². The fraction of sp³-hybridized carbons (Fsp3) is 0.625. The molecule has 2 heteroatoms. The van der Waals surface area contributed by atoms with E-state index in [1.165, 1.54) is 11.1 Å². The standard InChI is InChI=1S/C16H25BrO/c1-13-5-7-14(8-6-13)11-15(12-17)9-10-18-16(2,3)4/h5-8,15H,9-12H2,1-4H3. The van der Waals surface area contributed by atoms with Crippen molar-refractivity contribution in [2.24, 2.45) is 5.92 Å². The van der Waals surface area contributed by atoms with E-state index < -0.39 is 0 Å². The first-order valence-electron chi connectivity index (χ1n) is 6.66. The number of hydrogen-bond donors (Lipinski definition) is 0. The summed E-state index contributed by atoms with van der Waals surface area (Å²) < 4.78 is 5.80. The lowest BCUT2D eigenvalue weighted by atomic mass is 9.98. The minimum atomic E-state index is -0.0271. The number of aryl methyl sites for hydroxylation is 1. The molecule has 0 amide bonds. The molecule has 102 valence electrons. The van der Waals surface area contributed by atoms with E-state index in [2.05, 4.69) is 67.9 Å². The summed E-state index contributed by atoms with van der Waals surface area (Å²) in [6.45, 7) is 9.29. The Labute approximate surface area is 120 Å². The molecule has 0 aliphatic carbocycles. The van der Waals surface area contributed by atoms with E-state index in [9.17, 15) is 0 Å². The average Bonchev–Trinajstić information content (AvgIpc) is 2.29. The zero-order chi connectivity index (χ0) is 13.6. The van der Waals surface area contributed by atoms with E-state index in [0.717, 1.165) is 24.8 Å². The van der Waals surface area contributed by atoms with Gasteiger partial charge in [0.1, 0.15) is 0 Å². The molecule has 0 spiro atoms. The molecule has 1 atom stereocenters. The zero-order valence-electron chi connectivity index (χ0n) is 12.0. The van der Waals surface area contributed by atoms with Crippen LogP contribution >= 0.6 is 15.9 Å². The Morgan fingerprint density at radius 2 is 1.78 bits per heavy atom. The first-order valence-corrected chi connectivity index (χ1v) is 7.78. The van der Waals surface area contributed by atoms with E-state index >= 15 is 0 Å². The molecule has 1 aromatic carbocycles. The van der Waals surface area contributed by atoms with E-state index in [1.54, 1.807) is 0 Å². The van der Waals surface area contributed by atoms with Gasteiger partial charge < -0.3 is 4.74 Å². The van der Waals surface area contributed by atoms with Gasteiger partial charge in [-0.3, -0.25) is 0 Å². The average molecular weight is 313 g/mol. The number of hydrogen-bond acceptors (Lipinski definition) is 1. The SMILES string of the molecule is Cc1ccc(CC(CBr)CCOC(C)(C)C)cc1. The summed E-state index contributed by atoms with van der Waals surface area (Å²) >= 11 is 3.61. The van der Waals surface area contributed by atoms with E-state index in [0.29, 0.717) is 5.92 Å². The van der Waals surface area contributed by atoms with Gasteiger partial charge >= 0.3 is 0 Å². The van der Waals surface area contributed by atoms with Crippen molar-refractivity contribution in [3.63, 3.8) is 0 Å². The van der Waals surface area contributed by atoms with E-state index in [4.69, 9.17) is 4.74 Å². The molecule has 0 radical (unpaired) electrons. The molecule has 18 heavy (non-hydrogen) atoms. The quantitative estimate of drug-likeness (QED) is 0.688. The Morgan fingerprint density at radius 3 is 2.28 bits per heavy atom. The minimum absolute atomic E-state index is 0.0271. The molecule has 1 nitrogen and oxygen atoms in total. The molecule has 0 fully saturated rings. The van der Waals surface area contributed by atoms with Crippen molar-refractivity contribution in [2.45, 2.75) is 46.1 Å². The molecule has 0 saturated carbocycles. The van der Waals surface area contributed by atoms with Crippen molar-refractivity contribution >= 4 is 15.9 Å². The van der Waals surface area contributed by atoms with Gasteiger partial charge in [-0.05, 0) is 52.0 Å².